The summed E-state index contributed by atoms with van der Waals surface area (Å²) in [6.45, 7) is 2.35. The van der Waals surface area contributed by atoms with E-state index in [2.05, 4.69) is 10.3 Å². The van der Waals surface area contributed by atoms with Crippen molar-refractivity contribution in [2.24, 2.45) is 7.05 Å². The number of hydrogen-bond donors (Lipinski definition) is 0. The van der Waals surface area contributed by atoms with Crippen LogP contribution in [0.15, 0.2) is 23.1 Å². The molecule has 0 aromatic carbocycles. The number of rotatable bonds is 2. The summed E-state index contributed by atoms with van der Waals surface area (Å²) in [5.74, 6) is 0.427. The van der Waals surface area contributed by atoms with Crippen LogP contribution in [0.5, 0.6) is 0 Å². The molecule has 0 saturated carbocycles. The largest absolute Gasteiger partial charge is 0.361 e. The number of carbonyl (C=O) groups excluding carboxylic acids is 2. The molecule has 23 heavy (non-hydrogen) atoms. The minimum Gasteiger partial charge on any atom is -0.361 e. The lowest BCUT2D eigenvalue weighted by Crippen LogP contribution is -2.40. The third-order valence-corrected chi connectivity index (χ3v) is 4.71. The van der Waals surface area contributed by atoms with Crippen LogP contribution in [-0.2, 0) is 11.8 Å². The smallest absolute Gasteiger partial charge is 0.259 e. The fraction of sp³-hybridized carbons (Fsp3) is 0.467. The molecule has 2 aliphatic rings. The van der Waals surface area contributed by atoms with E-state index < -0.39 is 0 Å². The molecule has 0 spiro atoms. The van der Waals surface area contributed by atoms with Gasteiger partial charge in [0.05, 0.1) is 30.2 Å². The van der Waals surface area contributed by atoms with Crippen LogP contribution >= 0.6 is 0 Å². The quantitative estimate of drug-likeness (QED) is 0.816. The first-order valence-electron chi connectivity index (χ1n) is 7.59. The van der Waals surface area contributed by atoms with Gasteiger partial charge in [-0.05, 0) is 13.3 Å². The van der Waals surface area contributed by atoms with Crippen LogP contribution in [-0.4, -0.2) is 50.3 Å². The van der Waals surface area contributed by atoms with Crippen LogP contribution in [0, 0.1) is 6.92 Å². The van der Waals surface area contributed by atoms with Gasteiger partial charge in [-0.3, -0.25) is 14.3 Å². The topological polar surface area (TPSA) is 84.5 Å². The maximum absolute atomic E-state index is 12.7. The zero-order valence-corrected chi connectivity index (χ0v) is 13.0. The molecule has 2 aromatic heterocycles. The summed E-state index contributed by atoms with van der Waals surface area (Å²) >= 11 is 0. The van der Waals surface area contributed by atoms with Crippen molar-refractivity contribution in [3.05, 3.63) is 29.9 Å². The van der Waals surface area contributed by atoms with E-state index in [4.69, 9.17) is 4.52 Å². The summed E-state index contributed by atoms with van der Waals surface area (Å²) in [5.41, 5.74) is 1.26. The van der Waals surface area contributed by atoms with Gasteiger partial charge in [0.15, 0.2) is 0 Å². The maximum atomic E-state index is 12.7. The van der Waals surface area contributed by atoms with Crippen molar-refractivity contribution in [1.82, 2.24) is 19.8 Å². The molecule has 0 N–H and O–H groups in total. The lowest BCUT2D eigenvalue weighted by Gasteiger charge is -2.24. The Hall–Kier alpha value is -2.64. The summed E-state index contributed by atoms with van der Waals surface area (Å²) in [4.78, 5) is 28.7. The highest BCUT2D eigenvalue weighted by molar-refractivity contribution is 6.00. The van der Waals surface area contributed by atoms with Gasteiger partial charge in [0.25, 0.3) is 5.91 Å². The average molecular weight is 315 g/mol. The molecule has 2 fully saturated rings. The highest BCUT2D eigenvalue weighted by atomic mass is 16.5. The number of amides is 2. The Labute approximate surface area is 132 Å². The van der Waals surface area contributed by atoms with Gasteiger partial charge in [-0.15, -0.1) is 0 Å². The van der Waals surface area contributed by atoms with Gasteiger partial charge in [-0.1, -0.05) is 5.16 Å². The second kappa shape index (κ2) is 4.94. The van der Waals surface area contributed by atoms with Crippen molar-refractivity contribution in [1.29, 1.82) is 0 Å². The summed E-state index contributed by atoms with van der Waals surface area (Å²) in [6.07, 6.45) is 6.07. The second-order valence-corrected chi connectivity index (χ2v) is 6.06. The van der Waals surface area contributed by atoms with Gasteiger partial charge in [-0.25, -0.2) is 0 Å². The summed E-state index contributed by atoms with van der Waals surface area (Å²) < 4.78 is 6.66. The Bertz CT molecular complexity index is 780. The first kappa shape index (κ1) is 14.0. The van der Waals surface area contributed by atoms with E-state index in [9.17, 15) is 9.59 Å². The zero-order chi connectivity index (χ0) is 16.1. The SMILES string of the molecule is Cc1oncc1C(=O)N1CCC2C1CC(=O)N2c1cnn(C)c1. The molecule has 0 bridgehead atoms. The summed E-state index contributed by atoms with van der Waals surface area (Å²) in [7, 11) is 1.82. The van der Waals surface area contributed by atoms with Gasteiger partial charge in [0.1, 0.15) is 11.3 Å². The van der Waals surface area contributed by atoms with Crippen LogP contribution in [0.25, 0.3) is 0 Å². The molecule has 2 aromatic rings. The summed E-state index contributed by atoms with van der Waals surface area (Å²) in [5, 5.41) is 7.81. The van der Waals surface area contributed by atoms with Crippen molar-refractivity contribution in [2.45, 2.75) is 31.8 Å². The number of fused-ring (bicyclic) bond motifs is 1. The van der Waals surface area contributed by atoms with E-state index in [0.29, 0.717) is 24.3 Å². The van der Waals surface area contributed by atoms with Gasteiger partial charge in [-0.2, -0.15) is 5.10 Å². The van der Waals surface area contributed by atoms with Gasteiger partial charge in [0, 0.05) is 26.2 Å². The van der Waals surface area contributed by atoms with E-state index in [-0.39, 0.29) is 23.9 Å². The lowest BCUT2D eigenvalue weighted by molar-refractivity contribution is -0.117. The molecule has 2 atom stereocenters. The monoisotopic (exact) mass is 315 g/mol. The van der Waals surface area contributed by atoms with Crippen molar-refractivity contribution in [3.63, 3.8) is 0 Å². The molecular formula is C15H17N5O3. The molecule has 120 valence electrons. The average Bonchev–Trinajstić information content (AvgIpc) is 3.24. The van der Waals surface area contributed by atoms with Gasteiger partial charge >= 0.3 is 0 Å². The first-order chi connectivity index (χ1) is 11.1. The number of aromatic nitrogens is 3. The molecule has 2 unspecified atom stereocenters. The van der Waals surface area contributed by atoms with E-state index in [1.807, 2.05) is 13.2 Å². The highest BCUT2D eigenvalue weighted by Gasteiger charge is 2.49. The van der Waals surface area contributed by atoms with E-state index >= 15 is 0 Å². The van der Waals surface area contributed by atoms with Gasteiger partial charge < -0.3 is 14.3 Å². The Balaban J connectivity index is 1.61. The Morgan fingerprint density at radius 1 is 1.35 bits per heavy atom. The lowest BCUT2D eigenvalue weighted by atomic mass is 10.1. The van der Waals surface area contributed by atoms with Crippen molar-refractivity contribution in [2.75, 3.05) is 11.4 Å². The Morgan fingerprint density at radius 3 is 2.83 bits per heavy atom. The van der Waals surface area contributed by atoms with E-state index in [1.165, 1.54) is 6.20 Å². The normalized spacial score (nSPS) is 23.7. The molecule has 4 heterocycles. The fourth-order valence-electron chi connectivity index (χ4n) is 3.63. The molecular weight excluding hydrogens is 298 g/mol. The Morgan fingerprint density at radius 2 is 2.17 bits per heavy atom. The molecule has 2 aliphatic heterocycles. The van der Waals surface area contributed by atoms with Crippen molar-refractivity contribution in [3.8, 4) is 0 Å². The maximum Gasteiger partial charge on any atom is 0.259 e. The van der Waals surface area contributed by atoms with Crippen LogP contribution in [0.2, 0.25) is 0 Å². The first-order valence-corrected chi connectivity index (χ1v) is 7.59. The van der Waals surface area contributed by atoms with Crippen LogP contribution in [0.1, 0.15) is 29.0 Å². The molecule has 0 radical (unpaired) electrons. The molecule has 8 heteroatoms. The number of anilines is 1. The third kappa shape index (κ3) is 2.05. The minimum atomic E-state index is -0.114. The van der Waals surface area contributed by atoms with Gasteiger partial charge in [0.2, 0.25) is 5.91 Å². The number of carbonyl (C=O) groups is 2. The highest BCUT2D eigenvalue weighted by Crippen LogP contribution is 2.36. The van der Waals surface area contributed by atoms with Crippen LogP contribution < -0.4 is 4.90 Å². The predicted molar refractivity (Wildman–Crippen MR) is 79.8 cm³/mol. The molecule has 0 aliphatic carbocycles. The molecule has 2 saturated heterocycles. The van der Waals surface area contributed by atoms with Crippen LogP contribution in [0.3, 0.4) is 0 Å². The van der Waals surface area contributed by atoms with Crippen molar-refractivity contribution < 1.29 is 14.1 Å². The van der Waals surface area contributed by atoms with E-state index in [1.54, 1.807) is 27.6 Å². The molecule has 8 nitrogen and oxygen atoms in total. The number of aryl methyl sites for hydroxylation is 2. The number of likely N-dealkylation sites (tertiary alicyclic amines) is 1. The fourth-order valence-corrected chi connectivity index (χ4v) is 3.63. The number of nitrogens with zero attached hydrogens (tertiary/aromatic N) is 5. The molecule has 4 rings (SSSR count). The standard InChI is InChI=1S/C15H17N5O3/c1-9-11(7-17-23-9)15(22)19-4-3-12-13(19)5-14(21)20(12)10-6-16-18(2)8-10/h6-8,12-13H,3-5H2,1-2H3. The second-order valence-electron chi connectivity index (χ2n) is 6.06. The molecule has 2 amide bonds. The van der Waals surface area contributed by atoms with Crippen LogP contribution in [0.4, 0.5) is 5.69 Å². The minimum absolute atomic E-state index is 0.0100. The third-order valence-electron chi connectivity index (χ3n) is 4.71. The Kier molecular flexibility index (Phi) is 3.00. The number of hydrogen-bond acceptors (Lipinski definition) is 5. The predicted octanol–water partition coefficient (Wildman–Crippen LogP) is 0.737. The zero-order valence-electron chi connectivity index (χ0n) is 13.0. The van der Waals surface area contributed by atoms with Crippen molar-refractivity contribution >= 4 is 17.5 Å². The van der Waals surface area contributed by atoms with E-state index in [0.717, 1.165) is 12.1 Å². The summed E-state index contributed by atoms with van der Waals surface area (Å²) in [6, 6.07) is -0.0969.